The number of rotatable bonds is 5. The number of nitrogens with two attached hydrogens (primary N) is 1. The van der Waals surface area contributed by atoms with Crippen molar-refractivity contribution in [2.45, 2.75) is 38.6 Å². The van der Waals surface area contributed by atoms with E-state index in [-0.39, 0.29) is 30.2 Å². The lowest BCUT2D eigenvalue weighted by atomic mass is 9.97. The lowest BCUT2D eigenvalue weighted by molar-refractivity contribution is -0.134. The van der Waals surface area contributed by atoms with Crippen molar-refractivity contribution in [1.29, 1.82) is 0 Å². The van der Waals surface area contributed by atoms with Crippen molar-refractivity contribution in [2.75, 3.05) is 19.6 Å². The van der Waals surface area contributed by atoms with E-state index < -0.39 is 6.04 Å². The number of hydrogen-bond acceptors (Lipinski definition) is 4. The molecule has 1 aromatic rings. The van der Waals surface area contributed by atoms with Gasteiger partial charge in [0.15, 0.2) is 0 Å². The lowest BCUT2D eigenvalue weighted by Gasteiger charge is -2.32. The van der Waals surface area contributed by atoms with E-state index in [0.29, 0.717) is 6.54 Å². The Labute approximate surface area is 130 Å². The highest BCUT2D eigenvalue weighted by molar-refractivity contribution is 5.87. The Hall–Kier alpha value is -1.89. The summed E-state index contributed by atoms with van der Waals surface area (Å²) in [5, 5.41) is 2.63. The van der Waals surface area contributed by atoms with Gasteiger partial charge in [-0.25, -0.2) is 4.98 Å². The SMILES string of the molecule is CC(C)[C@H](N)C(=O)NCC(=O)N1CCCC(c2ncc[nH]2)C1. The van der Waals surface area contributed by atoms with Crippen LogP contribution in [-0.4, -0.2) is 52.4 Å². The van der Waals surface area contributed by atoms with Gasteiger partial charge in [0.25, 0.3) is 0 Å². The quantitative estimate of drug-likeness (QED) is 0.723. The molecule has 7 nitrogen and oxygen atoms in total. The number of likely N-dealkylation sites (tertiary alicyclic amines) is 1. The Balaban J connectivity index is 1.83. The van der Waals surface area contributed by atoms with E-state index in [1.165, 1.54) is 0 Å². The minimum atomic E-state index is -0.579. The summed E-state index contributed by atoms with van der Waals surface area (Å²) in [5.74, 6) is 0.863. The predicted octanol–water partition coefficient (Wildman–Crippen LogP) is 0.215. The van der Waals surface area contributed by atoms with Gasteiger partial charge in [0.1, 0.15) is 5.82 Å². The molecular weight excluding hydrogens is 282 g/mol. The molecule has 0 aliphatic carbocycles. The largest absolute Gasteiger partial charge is 0.348 e. The lowest BCUT2D eigenvalue weighted by Crippen LogP contribution is -2.49. The number of piperidine rings is 1. The molecule has 0 spiro atoms. The van der Waals surface area contributed by atoms with Gasteiger partial charge in [-0.3, -0.25) is 9.59 Å². The zero-order valence-electron chi connectivity index (χ0n) is 13.2. The minimum absolute atomic E-state index is 0.00410. The Morgan fingerprint density at radius 1 is 1.55 bits per heavy atom. The van der Waals surface area contributed by atoms with Gasteiger partial charge in [-0.05, 0) is 18.8 Å². The van der Waals surface area contributed by atoms with Gasteiger partial charge in [-0.15, -0.1) is 0 Å². The molecule has 0 aromatic carbocycles. The molecule has 1 aromatic heterocycles. The van der Waals surface area contributed by atoms with Crippen LogP contribution in [0, 0.1) is 5.92 Å². The summed E-state index contributed by atoms with van der Waals surface area (Å²) in [4.78, 5) is 33.2. The third-order valence-corrected chi connectivity index (χ3v) is 4.11. The molecule has 22 heavy (non-hydrogen) atoms. The highest BCUT2D eigenvalue weighted by Gasteiger charge is 2.26. The normalized spacial score (nSPS) is 20.0. The summed E-state index contributed by atoms with van der Waals surface area (Å²) in [7, 11) is 0. The molecule has 122 valence electrons. The molecular formula is C15H25N5O2. The van der Waals surface area contributed by atoms with Crippen LogP contribution in [0.5, 0.6) is 0 Å². The average Bonchev–Trinajstić information content (AvgIpc) is 3.06. The van der Waals surface area contributed by atoms with Gasteiger partial charge in [-0.1, -0.05) is 13.8 Å². The summed E-state index contributed by atoms with van der Waals surface area (Å²) in [6.45, 7) is 5.13. The number of nitrogens with zero attached hydrogens (tertiary/aromatic N) is 2. The number of H-pyrrole nitrogens is 1. The molecule has 2 atom stereocenters. The standard InChI is InChI=1S/C15H25N5O2/c1-10(2)13(16)15(22)19-8-12(21)20-7-3-4-11(9-20)14-17-5-6-18-14/h5-6,10-11,13H,3-4,7-9,16H2,1-2H3,(H,17,18)(H,19,22)/t11?,13-/m0/s1. The van der Waals surface area contributed by atoms with Crippen molar-refractivity contribution in [3.63, 3.8) is 0 Å². The third-order valence-electron chi connectivity index (χ3n) is 4.11. The number of carbonyl (C=O) groups excluding carboxylic acids is 2. The molecule has 4 N–H and O–H groups in total. The maximum Gasteiger partial charge on any atom is 0.241 e. The van der Waals surface area contributed by atoms with E-state index in [0.717, 1.165) is 25.2 Å². The number of carbonyl (C=O) groups is 2. The molecule has 1 fully saturated rings. The van der Waals surface area contributed by atoms with E-state index in [1.54, 1.807) is 17.3 Å². The molecule has 0 bridgehead atoms. The van der Waals surface area contributed by atoms with Crippen LogP contribution in [-0.2, 0) is 9.59 Å². The minimum Gasteiger partial charge on any atom is -0.348 e. The molecule has 1 unspecified atom stereocenters. The van der Waals surface area contributed by atoms with Crippen molar-refractivity contribution < 1.29 is 9.59 Å². The first-order valence-corrected chi connectivity index (χ1v) is 7.79. The summed E-state index contributed by atoms with van der Waals surface area (Å²) < 4.78 is 0. The third kappa shape index (κ3) is 4.07. The Morgan fingerprint density at radius 2 is 2.32 bits per heavy atom. The monoisotopic (exact) mass is 307 g/mol. The Morgan fingerprint density at radius 3 is 2.95 bits per heavy atom. The van der Waals surface area contributed by atoms with Crippen molar-refractivity contribution in [2.24, 2.45) is 11.7 Å². The van der Waals surface area contributed by atoms with Gasteiger partial charge in [0.05, 0.1) is 12.6 Å². The van der Waals surface area contributed by atoms with Crippen LogP contribution < -0.4 is 11.1 Å². The van der Waals surface area contributed by atoms with E-state index >= 15 is 0 Å². The zero-order chi connectivity index (χ0) is 16.1. The maximum absolute atomic E-state index is 12.2. The van der Waals surface area contributed by atoms with Crippen molar-refractivity contribution >= 4 is 11.8 Å². The molecule has 2 amide bonds. The summed E-state index contributed by atoms with van der Waals surface area (Å²) in [6.07, 6.45) is 5.48. The smallest absolute Gasteiger partial charge is 0.241 e. The van der Waals surface area contributed by atoms with Gasteiger partial charge >= 0.3 is 0 Å². The second-order valence-electron chi connectivity index (χ2n) is 6.14. The van der Waals surface area contributed by atoms with Gasteiger partial charge in [-0.2, -0.15) is 0 Å². The molecule has 1 aliphatic rings. The van der Waals surface area contributed by atoms with Crippen LogP contribution >= 0.6 is 0 Å². The summed E-state index contributed by atoms with van der Waals surface area (Å²) in [6, 6.07) is -0.579. The fraction of sp³-hybridized carbons (Fsp3) is 0.667. The number of hydrogen-bond donors (Lipinski definition) is 3. The van der Waals surface area contributed by atoms with Crippen LogP contribution in [0.1, 0.15) is 38.4 Å². The number of aromatic nitrogens is 2. The Bertz CT molecular complexity index is 500. The highest BCUT2D eigenvalue weighted by atomic mass is 16.2. The van der Waals surface area contributed by atoms with Crippen molar-refractivity contribution in [1.82, 2.24) is 20.2 Å². The number of nitrogens with one attached hydrogen (secondary N) is 2. The van der Waals surface area contributed by atoms with Crippen LogP contribution in [0.15, 0.2) is 12.4 Å². The van der Waals surface area contributed by atoms with Crippen molar-refractivity contribution in [3.05, 3.63) is 18.2 Å². The second kappa shape index (κ2) is 7.40. The molecule has 1 saturated heterocycles. The molecule has 2 heterocycles. The summed E-state index contributed by atoms with van der Waals surface area (Å²) in [5.41, 5.74) is 5.76. The Kier molecular flexibility index (Phi) is 5.54. The molecule has 0 saturated carbocycles. The van der Waals surface area contributed by atoms with Crippen LogP contribution in [0.25, 0.3) is 0 Å². The van der Waals surface area contributed by atoms with E-state index in [2.05, 4.69) is 15.3 Å². The predicted molar refractivity (Wildman–Crippen MR) is 83.0 cm³/mol. The maximum atomic E-state index is 12.2. The number of aromatic amines is 1. The van der Waals surface area contributed by atoms with E-state index in [4.69, 9.17) is 5.73 Å². The van der Waals surface area contributed by atoms with Gasteiger partial charge in [0, 0.05) is 31.4 Å². The number of imidazole rings is 1. The van der Waals surface area contributed by atoms with Crippen LogP contribution in [0.4, 0.5) is 0 Å². The van der Waals surface area contributed by atoms with E-state index in [1.807, 2.05) is 13.8 Å². The molecule has 2 rings (SSSR count). The first-order chi connectivity index (χ1) is 10.5. The fourth-order valence-corrected chi connectivity index (χ4v) is 2.62. The van der Waals surface area contributed by atoms with E-state index in [9.17, 15) is 9.59 Å². The van der Waals surface area contributed by atoms with Gasteiger partial charge in [0.2, 0.25) is 11.8 Å². The topological polar surface area (TPSA) is 104 Å². The average molecular weight is 307 g/mol. The van der Waals surface area contributed by atoms with Crippen LogP contribution in [0.2, 0.25) is 0 Å². The first-order valence-electron chi connectivity index (χ1n) is 7.79. The van der Waals surface area contributed by atoms with Crippen molar-refractivity contribution in [3.8, 4) is 0 Å². The summed E-state index contributed by atoms with van der Waals surface area (Å²) >= 11 is 0. The molecule has 1 aliphatic heterocycles. The fourth-order valence-electron chi connectivity index (χ4n) is 2.62. The number of amides is 2. The zero-order valence-corrected chi connectivity index (χ0v) is 13.2. The second-order valence-corrected chi connectivity index (χ2v) is 6.14. The highest BCUT2D eigenvalue weighted by Crippen LogP contribution is 2.24. The first kappa shape index (κ1) is 16.5. The van der Waals surface area contributed by atoms with Gasteiger partial charge < -0.3 is 20.9 Å². The molecule has 0 radical (unpaired) electrons. The van der Waals surface area contributed by atoms with Crippen LogP contribution in [0.3, 0.4) is 0 Å². The molecule has 7 heteroatoms.